The Morgan fingerprint density at radius 3 is 2.76 bits per heavy atom. The minimum atomic E-state index is -1.02. The van der Waals surface area contributed by atoms with Crippen molar-refractivity contribution in [1.29, 1.82) is 0 Å². The predicted octanol–water partition coefficient (Wildman–Crippen LogP) is 1.25. The van der Waals surface area contributed by atoms with Crippen molar-refractivity contribution in [2.24, 2.45) is 0 Å². The fraction of sp³-hybridized carbons (Fsp3) is 0.500. The molecule has 92 valence electrons. The van der Waals surface area contributed by atoms with Crippen molar-refractivity contribution in [3.05, 3.63) is 24.0 Å². The van der Waals surface area contributed by atoms with Crippen LogP contribution in [-0.4, -0.2) is 47.2 Å². The molecule has 1 aromatic rings. The molecule has 1 aliphatic heterocycles. The van der Waals surface area contributed by atoms with E-state index in [-0.39, 0.29) is 5.69 Å². The molecule has 0 unspecified atom stereocenters. The van der Waals surface area contributed by atoms with Gasteiger partial charge in [0.25, 0.3) is 0 Å². The highest BCUT2D eigenvalue weighted by atomic mass is 16.5. The van der Waals surface area contributed by atoms with E-state index in [4.69, 9.17) is 9.84 Å². The number of carboxylic acid groups (broad SMARTS) is 1. The normalized spacial score (nSPS) is 16.0. The number of pyridine rings is 1. The lowest BCUT2D eigenvalue weighted by atomic mass is 10.3. The summed E-state index contributed by atoms with van der Waals surface area (Å²) in [5, 5.41) is 8.69. The summed E-state index contributed by atoms with van der Waals surface area (Å²) in [4.78, 5) is 16.7. The van der Waals surface area contributed by atoms with E-state index in [9.17, 15) is 4.79 Å². The number of carboxylic acids is 1. The van der Waals surface area contributed by atoms with Crippen molar-refractivity contribution in [2.45, 2.75) is 12.8 Å². The third kappa shape index (κ3) is 3.42. The van der Waals surface area contributed by atoms with Crippen molar-refractivity contribution >= 4 is 5.97 Å². The third-order valence-corrected chi connectivity index (χ3v) is 2.83. The molecule has 0 atom stereocenters. The molecule has 1 fully saturated rings. The molecule has 0 aromatic carbocycles. The molecule has 1 aromatic heterocycles. The van der Waals surface area contributed by atoms with E-state index >= 15 is 0 Å². The molecule has 2 rings (SSSR count). The topological polar surface area (TPSA) is 62.7 Å². The lowest BCUT2D eigenvalue weighted by Gasteiger charge is -2.14. The molecule has 1 aliphatic rings. The molecule has 1 N–H and O–H groups in total. The first kappa shape index (κ1) is 11.9. The van der Waals surface area contributed by atoms with Crippen molar-refractivity contribution in [2.75, 3.05) is 26.2 Å². The average molecular weight is 236 g/mol. The van der Waals surface area contributed by atoms with Gasteiger partial charge in [-0.25, -0.2) is 9.78 Å². The number of hydrogen-bond acceptors (Lipinski definition) is 4. The molecule has 17 heavy (non-hydrogen) atoms. The molecule has 0 saturated carbocycles. The van der Waals surface area contributed by atoms with Crippen LogP contribution in [0.2, 0.25) is 0 Å². The Kier molecular flexibility index (Phi) is 3.93. The van der Waals surface area contributed by atoms with Gasteiger partial charge in [0, 0.05) is 6.54 Å². The first-order chi connectivity index (χ1) is 8.25. The SMILES string of the molecule is O=C(O)c1ccc(OCCN2CCCC2)cn1. The minimum Gasteiger partial charge on any atom is -0.491 e. The first-order valence-electron chi connectivity index (χ1n) is 5.80. The van der Waals surface area contributed by atoms with Gasteiger partial charge in [-0.15, -0.1) is 0 Å². The number of hydrogen-bond donors (Lipinski definition) is 1. The van der Waals surface area contributed by atoms with Gasteiger partial charge in [-0.05, 0) is 38.1 Å². The standard InChI is InChI=1S/C12H16N2O3/c15-12(16)11-4-3-10(9-13-11)17-8-7-14-5-1-2-6-14/h3-4,9H,1-2,5-8H2,(H,15,16). The largest absolute Gasteiger partial charge is 0.491 e. The van der Waals surface area contributed by atoms with Gasteiger partial charge in [0.2, 0.25) is 0 Å². The maximum Gasteiger partial charge on any atom is 0.354 e. The van der Waals surface area contributed by atoms with Gasteiger partial charge in [-0.3, -0.25) is 4.90 Å². The van der Waals surface area contributed by atoms with Gasteiger partial charge in [-0.2, -0.15) is 0 Å². The third-order valence-electron chi connectivity index (χ3n) is 2.83. The Morgan fingerprint density at radius 1 is 1.41 bits per heavy atom. The van der Waals surface area contributed by atoms with Gasteiger partial charge < -0.3 is 9.84 Å². The minimum absolute atomic E-state index is 0.0388. The summed E-state index contributed by atoms with van der Waals surface area (Å²) in [7, 11) is 0. The van der Waals surface area contributed by atoms with Crippen molar-refractivity contribution in [3.63, 3.8) is 0 Å². The highest BCUT2D eigenvalue weighted by molar-refractivity contribution is 5.85. The second-order valence-corrected chi connectivity index (χ2v) is 4.08. The van der Waals surface area contributed by atoms with Crippen molar-refractivity contribution in [1.82, 2.24) is 9.88 Å². The summed E-state index contributed by atoms with van der Waals surface area (Å²) >= 11 is 0. The van der Waals surface area contributed by atoms with Gasteiger partial charge in [0.1, 0.15) is 18.1 Å². The summed E-state index contributed by atoms with van der Waals surface area (Å²) in [5.74, 6) is -0.400. The van der Waals surface area contributed by atoms with E-state index in [1.54, 1.807) is 6.07 Å². The molecule has 0 radical (unpaired) electrons. The lowest BCUT2D eigenvalue weighted by Crippen LogP contribution is -2.25. The van der Waals surface area contributed by atoms with E-state index in [1.165, 1.54) is 25.1 Å². The van der Waals surface area contributed by atoms with Crippen LogP contribution in [0, 0.1) is 0 Å². The van der Waals surface area contributed by atoms with Crippen LogP contribution in [0.1, 0.15) is 23.3 Å². The van der Waals surface area contributed by atoms with Crippen LogP contribution in [-0.2, 0) is 0 Å². The van der Waals surface area contributed by atoms with Gasteiger partial charge in [0.05, 0.1) is 6.20 Å². The Morgan fingerprint density at radius 2 is 2.18 bits per heavy atom. The monoisotopic (exact) mass is 236 g/mol. The van der Waals surface area contributed by atoms with E-state index < -0.39 is 5.97 Å². The molecule has 0 amide bonds. The molecule has 0 bridgehead atoms. The Labute approximate surface area is 100 Å². The van der Waals surface area contributed by atoms with Crippen molar-refractivity contribution < 1.29 is 14.6 Å². The predicted molar refractivity (Wildman–Crippen MR) is 62.4 cm³/mol. The first-order valence-corrected chi connectivity index (χ1v) is 5.80. The van der Waals surface area contributed by atoms with Crippen LogP contribution < -0.4 is 4.74 Å². The number of nitrogens with zero attached hydrogens (tertiary/aromatic N) is 2. The maximum atomic E-state index is 10.6. The van der Waals surface area contributed by atoms with Crippen LogP contribution in [0.25, 0.3) is 0 Å². The van der Waals surface area contributed by atoms with Gasteiger partial charge >= 0.3 is 5.97 Å². The van der Waals surface area contributed by atoms with Crippen molar-refractivity contribution in [3.8, 4) is 5.75 Å². The van der Waals surface area contributed by atoms with Crippen LogP contribution in [0.3, 0.4) is 0 Å². The fourth-order valence-electron chi connectivity index (χ4n) is 1.89. The Balaban J connectivity index is 1.76. The average Bonchev–Trinajstić information content (AvgIpc) is 2.83. The fourth-order valence-corrected chi connectivity index (χ4v) is 1.89. The summed E-state index contributed by atoms with van der Waals surface area (Å²) in [6.07, 6.45) is 4.00. The maximum absolute atomic E-state index is 10.6. The lowest BCUT2D eigenvalue weighted by molar-refractivity contribution is 0.0690. The summed E-state index contributed by atoms with van der Waals surface area (Å²) in [6, 6.07) is 3.09. The second-order valence-electron chi connectivity index (χ2n) is 4.08. The molecule has 0 spiro atoms. The van der Waals surface area contributed by atoms with E-state index in [0.29, 0.717) is 12.4 Å². The van der Waals surface area contributed by atoms with Gasteiger partial charge in [-0.1, -0.05) is 0 Å². The zero-order valence-corrected chi connectivity index (χ0v) is 9.63. The number of aromatic nitrogens is 1. The van der Waals surface area contributed by atoms with Crippen LogP contribution in [0.5, 0.6) is 5.75 Å². The quantitative estimate of drug-likeness (QED) is 0.833. The molecular formula is C12H16N2O3. The molecule has 2 heterocycles. The van der Waals surface area contributed by atoms with Crippen LogP contribution in [0.15, 0.2) is 18.3 Å². The van der Waals surface area contributed by atoms with E-state index in [2.05, 4.69) is 9.88 Å². The number of aromatic carboxylic acids is 1. The Hall–Kier alpha value is -1.62. The second kappa shape index (κ2) is 5.63. The molecule has 5 heteroatoms. The zero-order valence-electron chi connectivity index (χ0n) is 9.63. The summed E-state index contributed by atoms with van der Waals surface area (Å²) < 4.78 is 5.51. The number of ether oxygens (including phenoxy) is 1. The van der Waals surface area contributed by atoms with E-state index in [0.717, 1.165) is 19.6 Å². The smallest absolute Gasteiger partial charge is 0.354 e. The zero-order chi connectivity index (χ0) is 12.1. The molecular weight excluding hydrogens is 220 g/mol. The summed E-state index contributed by atoms with van der Waals surface area (Å²) in [6.45, 7) is 3.84. The highest BCUT2D eigenvalue weighted by Gasteiger charge is 2.10. The number of carbonyl (C=O) groups is 1. The number of likely N-dealkylation sites (tertiary alicyclic amines) is 1. The molecule has 5 nitrogen and oxygen atoms in total. The highest BCUT2D eigenvalue weighted by Crippen LogP contribution is 2.10. The Bertz CT molecular complexity index is 372. The molecule has 0 aliphatic carbocycles. The van der Waals surface area contributed by atoms with Crippen LogP contribution >= 0.6 is 0 Å². The van der Waals surface area contributed by atoms with Crippen LogP contribution in [0.4, 0.5) is 0 Å². The van der Waals surface area contributed by atoms with Gasteiger partial charge in [0.15, 0.2) is 0 Å². The summed E-state index contributed by atoms with van der Waals surface area (Å²) in [5.41, 5.74) is 0.0388. The number of rotatable bonds is 5. The van der Waals surface area contributed by atoms with E-state index in [1.807, 2.05) is 0 Å². The molecule has 1 saturated heterocycles.